The molecule has 0 amide bonds. The van der Waals surface area contributed by atoms with Crippen molar-refractivity contribution in [1.82, 2.24) is 0 Å². The highest BCUT2D eigenvalue weighted by atomic mass is 14.2. The number of hydrogen-bond donors (Lipinski definition) is 0. The minimum Gasteiger partial charge on any atom is -0.0801 e. The van der Waals surface area contributed by atoms with Crippen molar-refractivity contribution in [3.05, 3.63) is 65.3 Å². The van der Waals surface area contributed by atoms with Crippen LogP contribution in [0, 0.1) is 0 Å². The summed E-state index contributed by atoms with van der Waals surface area (Å²) >= 11 is 0. The van der Waals surface area contributed by atoms with Gasteiger partial charge in [0.2, 0.25) is 0 Å². The molecule has 1 aromatic carbocycles. The molecule has 0 spiro atoms. The first kappa shape index (κ1) is 8.72. The van der Waals surface area contributed by atoms with Crippen LogP contribution in [-0.2, 0) is 0 Å². The summed E-state index contributed by atoms with van der Waals surface area (Å²) in [4.78, 5) is 0. The molecule has 0 bridgehead atoms. The van der Waals surface area contributed by atoms with Crippen LogP contribution in [0.15, 0.2) is 59.7 Å². The van der Waals surface area contributed by atoms with Crippen LogP contribution < -0.4 is 0 Å². The van der Waals surface area contributed by atoms with E-state index in [1.807, 2.05) is 0 Å². The molecule has 0 saturated carbocycles. The molecule has 0 nitrogen and oxygen atoms in total. The van der Waals surface area contributed by atoms with Crippen molar-refractivity contribution in [3.8, 4) is 0 Å². The van der Waals surface area contributed by atoms with Gasteiger partial charge in [-0.3, -0.25) is 0 Å². The van der Waals surface area contributed by atoms with E-state index in [0.29, 0.717) is 0 Å². The predicted molar refractivity (Wildman–Crippen MR) is 64.4 cm³/mol. The van der Waals surface area contributed by atoms with Gasteiger partial charge in [-0.05, 0) is 41.5 Å². The number of allylic oxidation sites excluding steroid dienone is 6. The molecule has 0 N–H and O–H groups in total. The second-order valence-corrected chi connectivity index (χ2v) is 4.18. The Bertz CT molecular complexity index is 458. The highest BCUT2D eigenvalue weighted by molar-refractivity contribution is 5.78. The topological polar surface area (TPSA) is 0 Å². The van der Waals surface area contributed by atoms with Crippen LogP contribution in [0.4, 0.5) is 0 Å². The second kappa shape index (κ2) is 3.54. The van der Waals surface area contributed by atoms with Gasteiger partial charge in [-0.1, -0.05) is 48.6 Å². The van der Waals surface area contributed by atoms with Gasteiger partial charge in [0.1, 0.15) is 0 Å². The summed E-state index contributed by atoms with van der Waals surface area (Å²) in [6.45, 7) is 0. The van der Waals surface area contributed by atoms with Crippen LogP contribution in [0.1, 0.15) is 24.8 Å². The summed E-state index contributed by atoms with van der Waals surface area (Å²) in [6.07, 6.45) is 10.6. The maximum Gasteiger partial charge on any atom is -0.00170 e. The normalized spacial score (nSPS) is 19.1. The zero-order valence-electron chi connectivity index (χ0n) is 8.74. The van der Waals surface area contributed by atoms with Gasteiger partial charge in [-0.15, -0.1) is 0 Å². The largest absolute Gasteiger partial charge is 0.0801 e. The van der Waals surface area contributed by atoms with E-state index in [4.69, 9.17) is 0 Å². The summed E-state index contributed by atoms with van der Waals surface area (Å²) in [6, 6.07) is 10.7. The molecule has 1 aromatic rings. The molecule has 0 atom stereocenters. The lowest BCUT2D eigenvalue weighted by Gasteiger charge is -2.06. The SMILES string of the molecule is C1=C2C=C(c3ccccc3)CC2=CCC1. The number of fused-ring (bicyclic) bond motifs is 1. The van der Waals surface area contributed by atoms with E-state index >= 15 is 0 Å². The summed E-state index contributed by atoms with van der Waals surface area (Å²) in [5, 5.41) is 0. The minimum absolute atomic E-state index is 1.12. The van der Waals surface area contributed by atoms with Gasteiger partial charge in [0.25, 0.3) is 0 Å². The van der Waals surface area contributed by atoms with Gasteiger partial charge in [0.05, 0.1) is 0 Å². The first-order valence-corrected chi connectivity index (χ1v) is 5.59. The molecule has 0 saturated heterocycles. The van der Waals surface area contributed by atoms with E-state index in [0.717, 1.165) is 6.42 Å². The second-order valence-electron chi connectivity index (χ2n) is 4.18. The molecule has 3 rings (SSSR count). The Morgan fingerprint density at radius 3 is 2.40 bits per heavy atom. The lowest BCUT2D eigenvalue weighted by molar-refractivity contribution is 0.998. The fraction of sp³-hybridized carbons (Fsp3) is 0.200. The highest BCUT2D eigenvalue weighted by Gasteiger charge is 2.17. The molecule has 15 heavy (non-hydrogen) atoms. The quantitative estimate of drug-likeness (QED) is 0.630. The zero-order chi connectivity index (χ0) is 10.1. The molecular formula is C15H14. The summed E-state index contributed by atoms with van der Waals surface area (Å²) < 4.78 is 0. The monoisotopic (exact) mass is 194 g/mol. The van der Waals surface area contributed by atoms with Crippen molar-refractivity contribution in [2.45, 2.75) is 19.3 Å². The number of benzene rings is 1. The van der Waals surface area contributed by atoms with Crippen LogP contribution in [-0.4, -0.2) is 0 Å². The third-order valence-electron chi connectivity index (χ3n) is 3.15. The Morgan fingerprint density at radius 1 is 0.800 bits per heavy atom. The smallest absolute Gasteiger partial charge is 0.00170 e. The van der Waals surface area contributed by atoms with Gasteiger partial charge in [0, 0.05) is 0 Å². The van der Waals surface area contributed by atoms with E-state index in [2.05, 4.69) is 48.6 Å². The molecule has 2 aliphatic carbocycles. The van der Waals surface area contributed by atoms with E-state index in [1.54, 1.807) is 0 Å². The molecule has 0 heterocycles. The zero-order valence-corrected chi connectivity index (χ0v) is 8.74. The van der Waals surface area contributed by atoms with Crippen molar-refractivity contribution in [2.24, 2.45) is 0 Å². The average molecular weight is 194 g/mol. The molecule has 74 valence electrons. The van der Waals surface area contributed by atoms with Crippen LogP contribution in [0.2, 0.25) is 0 Å². The molecule has 0 unspecified atom stereocenters. The van der Waals surface area contributed by atoms with Crippen LogP contribution in [0.5, 0.6) is 0 Å². The average Bonchev–Trinajstić information content (AvgIpc) is 2.74. The van der Waals surface area contributed by atoms with Gasteiger partial charge < -0.3 is 0 Å². The van der Waals surface area contributed by atoms with Gasteiger partial charge >= 0.3 is 0 Å². The van der Waals surface area contributed by atoms with Gasteiger partial charge in [0.15, 0.2) is 0 Å². The standard InChI is InChI=1S/C15H14/c1-2-6-12(7-3-1)15-10-13-8-4-5-9-14(13)11-15/h1-3,6-10H,4-5,11H2. The molecule has 0 fully saturated rings. The Kier molecular flexibility index (Phi) is 2.06. The Labute approximate surface area is 90.6 Å². The molecule has 0 radical (unpaired) electrons. The van der Waals surface area contributed by atoms with Crippen LogP contribution in [0.3, 0.4) is 0 Å². The maximum atomic E-state index is 2.39. The highest BCUT2D eigenvalue weighted by Crippen LogP contribution is 2.37. The van der Waals surface area contributed by atoms with E-state index in [9.17, 15) is 0 Å². The third-order valence-corrected chi connectivity index (χ3v) is 3.15. The van der Waals surface area contributed by atoms with Crippen molar-refractivity contribution >= 4 is 5.57 Å². The molecule has 0 heteroatoms. The summed E-state index contributed by atoms with van der Waals surface area (Å²) in [5.74, 6) is 0. The summed E-state index contributed by atoms with van der Waals surface area (Å²) in [5.41, 5.74) is 5.82. The Morgan fingerprint density at radius 2 is 1.60 bits per heavy atom. The molecule has 0 aliphatic heterocycles. The Balaban J connectivity index is 1.98. The summed E-state index contributed by atoms with van der Waals surface area (Å²) in [7, 11) is 0. The van der Waals surface area contributed by atoms with Crippen molar-refractivity contribution in [3.63, 3.8) is 0 Å². The fourth-order valence-corrected chi connectivity index (χ4v) is 2.35. The lowest BCUT2D eigenvalue weighted by Crippen LogP contribution is -1.86. The fourth-order valence-electron chi connectivity index (χ4n) is 2.35. The third kappa shape index (κ3) is 1.56. The Hall–Kier alpha value is -1.56. The van der Waals surface area contributed by atoms with Gasteiger partial charge in [-0.25, -0.2) is 0 Å². The minimum atomic E-state index is 1.12. The van der Waals surface area contributed by atoms with E-state index in [-0.39, 0.29) is 0 Å². The van der Waals surface area contributed by atoms with Crippen LogP contribution >= 0.6 is 0 Å². The van der Waals surface area contributed by atoms with E-state index < -0.39 is 0 Å². The van der Waals surface area contributed by atoms with Gasteiger partial charge in [-0.2, -0.15) is 0 Å². The van der Waals surface area contributed by atoms with Crippen molar-refractivity contribution in [2.75, 3.05) is 0 Å². The maximum absolute atomic E-state index is 2.39. The lowest BCUT2D eigenvalue weighted by atomic mass is 9.99. The van der Waals surface area contributed by atoms with E-state index in [1.165, 1.54) is 35.1 Å². The first-order chi connectivity index (χ1) is 7.43. The van der Waals surface area contributed by atoms with Crippen LogP contribution in [0.25, 0.3) is 5.57 Å². The predicted octanol–water partition coefficient (Wildman–Crippen LogP) is 4.12. The molecule has 2 aliphatic rings. The molecule has 0 aromatic heterocycles. The first-order valence-electron chi connectivity index (χ1n) is 5.59. The number of hydrogen-bond acceptors (Lipinski definition) is 0. The molecular weight excluding hydrogens is 180 g/mol. The van der Waals surface area contributed by atoms with Crippen molar-refractivity contribution < 1.29 is 0 Å². The number of rotatable bonds is 1. The van der Waals surface area contributed by atoms with Crippen molar-refractivity contribution in [1.29, 1.82) is 0 Å².